The Morgan fingerprint density at radius 3 is 2.52 bits per heavy atom. The minimum atomic E-state index is -3.68. The van der Waals surface area contributed by atoms with Crippen molar-refractivity contribution in [2.75, 3.05) is 4.31 Å². The van der Waals surface area contributed by atoms with Crippen LogP contribution in [0.25, 0.3) is 0 Å². The summed E-state index contributed by atoms with van der Waals surface area (Å²) >= 11 is 3.40. The minimum absolute atomic E-state index is 0.103. The van der Waals surface area contributed by atoms with Gasteiger partial charge in [0.25, 0.3) is 10.0 Å². The number of sulfonamides is 1. The van der Waals surface area contributed by atoms with Crippen molar-refractivity contribution in [2.24, 2.45) is 0 Å². The van der Waals surface area contributed by atoms with Gasteiger partial charge in [0.2, 0.25) is 0 Å². The van der Waals surface area contributed by atoms with E-state index in [9.17, 15) is 12.8 Å². The van der Waals surface area contributed by atoms with Gasteiger partial charge in [-0.1, -0.05) is 15.9 Å². The molecule has 21 heavy (non-hydrogen) atoms. The average molecular weight is 370 g/mol. The predicted octanol–water partition coefficient (Wildman–Crippen LogP) is 3.73. The molecule has 6 heteroatoms. The molecule has 110 valence electrons. The number of benzene rings is 2. The van der Waals surface area contributed by atoms with Gasteiger partial charge in [-0.3, -0.25) is 4.31 Å². The Morgan fingerprint density at radius 1 is 1.19 bits per heavy atom. The molecule has 1 atom stereocenters. The second kappa shape index (κ2) is 5.10. The zero-order valence-electron chi connectivity index (χ0n) is 11.3. The number of nitrogens with zero attached hydrogens (tertiary/aromatic N) is 1. The summed E-state index contributed by atoms with van der Waals surface area (Å²) < 4.78 is 40.9. The highest BCUT2D eigenvalue weighted by atomic mass is 79.9. The highest BCUT2D eigenvalue weighted by Gasteiger charge is 2.36. The van der Waals surface area contributed by atoms with Crippen LogP contribution in [-0.4, -0.2) is 14.5 Å². The molecule has 0 saturated heterocycles. The van der Waals surface area contributed by atoms with Crippen molar-refractivity contribution < 1.29 is 12.8 Å². The van der Waals surface area contributed by atoms with E-state index in [1.807, 2.05) is 19.1 Å². The molecule has 3 rings (SSSR count). The van der Waals surface area contributed by atoms with Crippen LogP contribution in [0.15, 0.2) is 51.8 Å². The first-order chi connectivity index (χ1) is 9.89. The monoisotopic (exact) mass is 369 g/mol. The normalized spacial score (nSPS) is 17.9. The van der Waals surface area contributed by atoms with Crippen LogP contribution in [0.4, 0.5) is 10.1 Å². The van der Waals surface area contributed by atoms with Gasteiger partial charge in [-0.2, -0.15) is 0 Å². The summed E-state index contributed by atoms with van der Waals surface area (Å²) in [4.78, 5) is 0.103. The smallest absolute Gasteiger partial charge is 0.263 e. The second-order valence-corrected chi connectivity index (χ2v) is 7.81. The van der Waals surface area contributed by atoms with Gasteiger partial charge < -0.3 is 0 Å². The van der Waals surface area contributed by atoms with Gasteiger partial charge in [0.05, 0.1) is 10.6 Å². The summed E-state index contributed by atoms with van der Waals surface area (Å²) in [5.74, 6) is -0.451. The molecule has 0 radical (unpaired) electrons. The van der Waals surface area contributed by atoms with Crippen molar-refractivity contribution >= 4 is 31.6 Å². The first-order valence-electron chi connectivity index (χ1n) is 6.48. The van der Waals surface area contributed by atoms with Crippen molar-refractivity contribution in [3.05, 3.63) is 58.3 Å². The number of anilines is 1. The molecule has 1 aliphatic rings. The zero-order valence-corrected chi connectivity index (χ0v) is 13.7. The Bertz CT molecular complexity index is 790. The summed E-state index contributed by atoms with van der Waals surface area (Å²) in [6, 6.07) is 10.3. The van der Waals surface area contributed by atoms with E-state index < -0.39 is 15.8 Å². The van der Waals surface area contributed by atoms with Gasteiger partial charge in [0, 0.05) is 10.5 Å². The Morgan fingerprint density at radius 2 is 1.86 bits per heavy atom. The molecule has 2 aromatic carbocycles. The topological polar surface area (TPSA) is 37.4 Å². The minimum Gasteiger partial charge on any atom is -0.263 e. The molecule has 0 fully saturated rings. The molecule has 0 spiro atoms. The quantitative estimate of drug-likeness (QED) is 0.808. The number of hydrogen-bond acceptors (Lipinski definition) is 2. The van der Waals surface area contributed by atoms with Crippen molar-refractivity contribution in [1.82, 2.24) is 0 Å². The van der Waals surface area contributed by atoms with Gasteiger partial charge in [-0.25, -0.2) is 12.8 Å². The molecule has 2 aromatic rings. The fourth-order valence-electron chi connectivity index (χ4n) is 2.66. The summed E-state index contributed by atoms with van der Waals surface area (Å²) in [6.07, 6.45) is 0.662. The highest BCUT2D eigenvalue weighted by molar-refractivity contribution is 9.10. The van der Waals surface area contributed by atoms with Crippen molar-refractivity contribution in [2.45, 2.75) is 24.3 Å². The van der Waals surface area contributed by atoms with E-state index in [0.29, 0.717) is 12.1 Å². The molecule has 0 aromatic heterocycles. The van der Waals surface area contributed by atoms with E-state index in [2.05, 4.69) is 15.9 Å². The van der Waals surface area contributed by atoms with E-state index in [1.165, 1.54) is 16.4 Å². The molecular formula is C15H13BrFNO2S. The van der Waals surface area contributed by atoms with Crippen molar-refractivity contribution in [1.29, 1.82) is 0 Å². The summed E-state index contributed by atoms with van der Waals surface area (Å²) in [7, 11) is -3.68. The molecule has 0 unspecified atom stereocenters. The van der Waals surface area contributed by atoms with E-state index in [0.717, 1.165) is 22.2 Å². The molecule has 0 bridgehead atoms. The molecule has 0 saturated carbocycles. The maximum absolute atomic E-state index is 13.0. The number of hydrogen-bond donors (Lipinski definition) is 0. The Kier molecular flexibility index (Phi) is 3.53. The lowest BCUT2D eigenvalue weighted by Crippen LogP contribution is -2.35. The Balaban J connectivity index is 2.10. The van der Waals surface area contributed by atoms with E-state index >= 15 is 0 Å². The lowest BCUT2D eigenvalue weighted by molar-refractivity contribution is 0.583. The standard InChI is InChI=1S/C15H13BrFNO2S/c1-10-8-11-9-12(16)2-7-15(11)18(10)21(19,20)14-5-3-13(17)4-6-14/h2-7,9-10H,8H2,1H3/t10-/m0/s1. The van der Waals surface area contributed by atoms with E-state index in [4.69, 9.17) is 0 Å². The summed E-state index contributed by atoms with van der Waals surface area (Å²) in [5.41, 5.74) is 1.68. The van der Waals surface area contributed by atoms with Crippen LogP contribution in [0.2, 0.25) is 0 Å². The number of halogens is 2. The van der Waals surface area contributed by atoms with Gasteiger partial charge >= 0.3 is 0 Å². The average Bonchev–Trinajstić information content (AvgIpc) is 2.74. The van der Waals surface area contributed by atoms with E-state index in [-0.39, 0.29) is 10.9 Å². The van der Waals surface area contributed by atoms with Crippen LogP contribution in [0, 0.1) is 5.82 Å². The van der Waals surface area contributed by atoms with Crippen LogP contribution < -0.4 is 4.31 Å². The second-order valence-electron chi connectivity index (χ2n) is 5.08. The fraction of sp³-hybridized carbons (Fsp3) is 0.200. The first-order valence-corrected chi connectivity index (χ1v) is 8.71. The molecule has 1 heterocycles. The number of rotatable bonds is 2. The van der Waals surface area contributed by atoms with Crippen molar-refractivity contribution in [3.63, 3.8) is 0 Å². The van der Waals surface area contributed by atoms with Crippen LogP contribution in [0.1, 0.15) is 12.5 Å². The summed E-state index contributed by atoms with van der Waals surface area (Å²) in [6.45, 7) is 1.87. The molecule has 1 aliphatic heterocycles. The zero-order chi connectivity index (χ0) is 15.2. The SMILES string of the molecule is C[C@H]1Cc2cc(Br)ccc2N1S(=O)(=O)c1ccc(F)cc1. The van der Waals surface area contributed by atoms with Gasteiger partial charge in [-0.15, -0.1) is 0 Å². The van der Waals surface area contributed by atoms with Crippen molar-refractivity contribution in [3.8, 4) is 0 Å². The largest absolute Gasteiger partial charge is 0.264 e. The Hall–Kier alpha value is -1.40. The van der Waals surface area contributed by atoms with Gasteiger partial charge in [-0.05, 0) is 61.4 Å². The molecule has 0 amide bonds. The maximum atomic E-state index is 13.0. The highest BCUT2D eigenvalue weighted by Crippen LogP contribution is 2.37. The number of fused-ring (bicyclic) bond motifs is 1. The van der Waals surface area contributed by atoms with Crippen LogP contribution in [0.5, 0.6) is 0 Å². The van der Waals surface area contributed by atoms with Gasteiger partial charge in [0.15, 0.2) is 0 Å². The maximum Gasteiger partial charge on any atom is 0.264 e. The van der Waals surface area contributed by atoms with Gasteiger partial charge in [0.1, 0.15) is 5.82 Å². The van der Waals surface area contributed by atoms with Crippen LogP contribution in [-0.2, 0) is 16.4 Å². The molecule has 0 N–H and O–H groups in total. The fourth-order valence-corrected chi connectivity index (χ4v) is 4.76. The summed E-state index contributed by atoms with van der Waals surface area (Å²) in [5, 5.41) is 0. The third-order valence-corrected chi connectivity index (χ3v) is 6.00. The van der Waals surface area contributed by atoms with E-state index in [1.54, 1.807) is 6.07 Å². The van der Waals surface area contributed by atoms with Crippen LogP contribution >= 0.6 is 15.9 Å². The molecule has 0 aliphatic carbocycles. The molecular weight excluding hydrogens is 357 g/mol. The lowest BCUT2D eigenvalue weighted by atomic mass is 10.1. The third kappa shape index (κ3) is 2.46. The van der Waals surface area contributed by atoms with Crippen LogP contribution in [0.3, 0.4) is 0 Å². The molecule has 3 nitrogen and oxygen atoms in total. The first kappa shape index (κ1) is 14.5. The Labute approximate surface area is 131 Å². The predicted molar refractivity (Wildman–Crippen MR) is 83.4 cm³/mol. The third-order valence-electron chi connectivity index (χ3n) is 3.57. The lowest BCUT2D eigenvalue weighted by Gasteiger charge is -2.24.